The van der Waals surface area contributed by atoms with Crippen molar-refractivity contribution in [2.75, 3.05) is 21.3 Å². The van der Waals surface area contributed by atoms with E-state index in [0.717, 1.165) is 28.4 Å². The van der Waals surface area contributed by atoms with Crippen molar-refractivity contribution in [1.82, 2.24) is 20.4 Å². The maximum Gasteiger partial charge on any atom is 0.191 e. The van der Waals surface area contributed by atoms with E-state index >= 15 is 0 Å². The van der Waals surface area contributed by atoms with Crippen LogP contribution in [0.15, 0.2) is 65.8 Å². The maximum absolute atomic E-state index is 5.25. The molecule has 3 rings (SSSR count). The molecule has 8 heteroatoms. The molecule has 2 N–H and O–H groups in total. The molecule has 0 bridgehead atoms. The molecule has 0 unspecified atom stereocenters. The summed E-state index contributed by atoms with van der Waals surface area (Å²) in [5.41, 5.74) is 3.01. The van der Waals surface area contributed by atoms with Crippen LogP contribution in [0.5, 0.6) is 11.5 Å². The number of nitrogens with one attached hydrogen (secondary N) is 2. The van der Waals surface area contributed by atoms with Crippen molar-refractivity contribution in [2.24, 2.45) is 4.99 Å². The van der Waals surface area contributed by atoms with E-state index in [4.69, 9.17) is 9.47 Å². The van der Waals surface area contributed by atoms with Gasteiger partial charge >= 0.3 is 0 Å². The van der Waals surface area contributed by atoms with Gasteiger partial charge in [0.25, 0.3) is 0 Å². The number of hydrogen-bond acceptors (Lipinski definition) is 4. The quantitative estimate of drug-likeness (QED) is 0.292. The maximum atomic E-state index is 5.25. The average molecular weight is 507 g/mol. The van der Waals surface area contributed by atoms with Crippen molar-refractivity contribution >= 4 is 29.9 Å². The second-order valence-corrected chi connectivity index (χ2v) is 6.08. The Bertz CT molecular complexity index is 925. The Kier molecular flexibility index (Phi) is 8.78. The van der Waals surface area contributed by atoms with Crippen LogP contribution in [0, 0.1) is 0 Å². The van der Waals surface area contributed by atoms with Crippen molar-refractivity contribution in [3.05, 3.63) is 72.1 Å². The van der Waals surface area contributed by atoms with E-state index in [1.807, 2.05) is 65.5 Å². The number of nitrogens with zero attached hydrogens (tertiary/aromatic N) is 3. The zero-order valence-corrected chi connectivity index (χ0v) is 19.1. The summed E-state index contributed by atoms with van der Waals surface area (Å²) in [6.45, 7) is 1.22. The second-order valence-electron chi connectivity index (χ2n) is 6.08. The molecule has 29 heavy (non-hydrogen) atoms. The summed E-state index contributed by atoms with van der Waals surface area (Å²) < 4.78 is 12.3. The normalized spacial score (nSPS) is 10.8. The van der Waals surface area contributed by atoms with Gasteiger partial charge in [0.1, 0.15) is 11.5 Å². The smallest absolute Gasteiger partial charge is 0.191 e. The number of halogens is 1. The highest BCUT2D eigenvalue weighted by molar-refractivity contribution is 14.0. The van der Waals surface area contributed by atoms with Gasteiger partial charge in [-0.1, -0.05) is 12.1 Å². The van der Waals surface area contributed by atoms with Crippen LogP contribution in [0.2, 0.25) is 0 Å². The summed E-state index contributed by atoms with van der Waals surface area (Å²) in [6, 6.07) is 17.7. The molecule has 0 aliphatic carbocycles. The van der Waals surface area contributed by atoms with Gasteiger partial charge in [-0.2, -0.15) is 5.10 Å². The van der Waals surface area contributed by atoms with Crippen LogP contribution in [0.4, 0.5) is 0 Å². The van der Waals surface area contributed by atoms with Gasteiger partial charge in [0.2, 0.25) is 0 Å². The SMILES string of the molecule is CN=C(NCc1cccc(OC)c1)NCc1ccn(-c2ccc(OC)cc2)n1.I. The first-order valence-corrected chi connectivity index (χ1v) is 8.98. The summed E-state index contributed by atoms with van der Waals surface area (Å²) in [5.74, 6) is 2.37. The van der Waals surface area contributed by atoms with E-state index < -0.39 is 0 Å². The molecule has 154 valence electrons. The van der Waals surface area contributed by atoms with Crippen LogP contribution in [0.3, 0.4) is 0 Å². The molecule has 0 aliphatic heterocycles. The van der Waals surface area contributed by atoms with Crippen LogP contribution in [-0.2, 0) is 13.1 Å². The van der Waals surface area contributed by atoms with E-state index in [0.29, 0.717) is 19.0 Å². The number of methoxy groups -OCH3 is 2. The van der Waals surface area contributed by atoms with Gasteiger partial charge in [0.05, 0.1) is 32.1 Å². The predicted octanol–water partition coefficient (Wildman–Crippen LogP) is 3.37. The summed E-state index contributed by atoms with van der Waals surface area (Å²) in [6.07, 6.45) is 1.94. The molecule has 0 radical (unpaired) electrons. The van der Waals surface area contributed by atoms with Gasteiger partial charge in [0, 0.05) is 19.8 Å². The summed E-state index contributed by atoms with van der Waals surface area (Å²) in [5, 5.41) is 11.2. The van der Waals surface area contributed by atoms with Crippen molar-refractivity contribution in [1.29, 1.82) is 0 Å². The minimum atomic E-state index is 0. The molecule has 0 saturated heterocycles. The van der Waals surface area contributed by atoms with Crippen molar-refractivity contribution < 1.29 is 9.47 Å². The predicted molar refractivity (Wildman–Crippen MR) is 126 cm³/mol. The molecule has 1 heterocycles. The Morgan fingerprint density at radius 2 is 1.69 bits per heavy atom. The van der Waals surface area contributed by atoms with Crippen molar-refractivity contribution in [3.63, 3.8) is 0 Å². The number of ether oxygens (including phenoxy) is 2. The lowest BCUT2D eigenvalue weighted by atomic mass is 10.2. The molecule has 0 amide bonds. The zero-order chi connectivity index (χ0) is 19.8. The second kappa shape index (κ2) is 11.3. The third-order valence-electron chi connectivity index (χ3n) is 4.24. The van der Waals surface area contributed by atoms with Crippen LogP contribution in [0.25, 0.3) is 5.69 Å². The molecule has 1 aromatic heterocycles. The Labute approximate surface area is 188 Å². The summed E-state index contributed by atoms with van der Waals surface area (Å²) in [7, 11) is 5.07. The van der Waals surface area contributed by atoms with Crippen LogP contribution in [0.1, 0.15) is 11.3 Å². The fourth-order valence-electron chi connectivity index (χ4n) is 2.70. The number of benzene rings is 2. The van der Waals surface area contributed by atoms with Crippen molar-refractivity contribution in [2.45, 2.75) is 13.1 Å². The molecule has 0 aliphatic rings. The summed E-state index contributed by atoms with van der Waals surface area (Å²) in [4.78, 5) is 4.26. The largest absolute Gasteiger partial charge is 0.497 e. The van der Waals surface area contributed by atoms with Crippen LogP contribution >= 0.6 is 24.0 Å². The van der Waals surface area contributed by atoms with Gasteiger partial charge in [0.15, 0.2) is 5.96 Å². The van der Waals surface area contributed by atoms with Crippen LogP contribution in [-0.4, -0.2) is 37.0 Å². The molecule has 0 spiro atoms. The minimum Gasteiger partial charge on any atom is -0.497 e. The highest BCUT2D eigenvalue weighted by Crippen LogP contribution is 2.14. The van der Waals surface area contributed by atoms with E-state index in [1.165, 1.54) is 0 Å². The first kappa shape index (κ1) is 22.5. The van der Waals surface area contributed by atoms with E-state index in [-0.39, 0.29) is 24.0 Å². The lowest BCUT2D eigenvalue weighted by Gasteiger charge is -2.11. The zero-order valence-electron chi connectivity index (χ0n) is 16.8. The molecule has 7 nitrogen and oxygen atoms in total. The van der Waals surface area contributed by atoms with Gasteiger partial charge in [-0.25, -0.2) is 4.68 Å². The number of rotatable bonds is 7. The third-order valence-corrected chi connectivity index (χ3v) is 4.24. The third kappa shape index (κ3) is 6.38. The molecular weight excluding hydrogens is 481 g/mol. The lowest BCUT2D eigenvalue weighted by molar-refractivity contribution is 0.414. The Balaban J connectivity index is 0.00000300. The lowest BCUT2D eigenvalue weighted by Crippen LogP contribution is -2.36. The molecule has 0 fully saturated rings. The molecule has 0 saturated carbocycles. The topological polar surface area (TPSA) is 72.7 Å². The van der Waals surface area contributed by atoms with Gasteiger partial charge < -0.3 is 20.1 Å². The molecule has 3 aromatic rings. The number of guanidine groups is 1. The highest BCUT2D eigenvalue weighted by atomic mass is 127. The van der Waals surface area contributed by atoms with Gasteiger partial charge in [-0.05, 0) is 48.0 Å². The van der Waals surface area contributed by atoms with Gasteiger partial charge in [-0.15, -0.1) is 24.0 Å². The fraction of sp³-hybridized carbons (Fsp3) is 0.238. The van der Waals surface area contributed by atoms with Gasteiger partial charge in [-0.3, -0.25) is 4.99 Å². The number of aromatic nitrogens is 2. The van der Waals surface area contributed by atoms with E-state index in [9.17, 15) is 0 Å². The molecule has 0 atom stereocenters. The molecule has 2 aromatic carbocycles. The monoisotopic (exact) mass is 507 g/mol. The Morgan fingerprint density at radius 1 is 0.966 bits per heavy atom. The average Bonchev–Trinajstić information content (AvgIpc) is 3.23. The van der Waals surface area contributed by atoms with E-state index in [2.05, 4.69) is 20.7 Å². The van der Waals surface area contributed by atoms with Crippen molar-refractivity contribution in [3.8, 4) is 17.2 Å². The fourth-order valence-corrected chi connectivity index (χ4v) is 2.70. The number of aliphatic imine (C=N–C) groups is 1. The first-order chi connectivity index (χ1) is 13.7. The van der Waals surface area contributed by atoms with E-state index in [1.54, 1.807) is 21.3 Å². The molecular formula is C21H26IN5O2. The Hall–Kier alpha value is -2.75. The minimum absolute atomic E-state index is 0. The van der Waals surface area contributed by atoms with Crippen LogP contribution < -0.4 is 20.1 Å². The number of hydrogen-bond donors (Lipinski definition) is 2. The first-order valence-electron chi connectivity index (χ1n) is 8.98. The summed E-state index contributed by atoms with van der Waals surface area (Å²) >= 11 is 0. The highest BCUT2D eigenvalue weighted by Gasteiger charge is 2.04. The Morgan fingerprint density at radius 3 is 2.38 bits per heavy atom. The standard InChI is InChI=1S/C21H25N5O2.HI/c1-22-21(23-14-16-5-4-6-20(13-16)28-3)24-15-17-11-12-26(25-17)18-7-9-19(27-2)10-8-18;/h4-13H,14-15H2,1-3H3,(H2,22,23,24);1H.